The summed E-state index contributed by atoms with van der Waals surface area (Å²) in [6, 6.07) is 2.81. The number of ether oxygens (including phenoxy) is 5. The fourth-order valence-electron chi connectivity index (χ4n) is 10.3. The van der Waals surface area contributed by atoms with E-state index in [4.69, 9.17) is 33.1 Å². The van der Waals surface area contributed by atoms with Gasteiger partial charge in [0.1, 0.15) is 41.2 Å². The number of hydrogen-bond donors (Lipinski definition) is 4. The van der Waals surface area contributed by atoms with Gasteiger partial charge in [0, 0.05) is 81.1 Å². The number of likely N-dealkylation sites (N-methyl/N-ethyl adjacent to an activating group) is 1. The lowest BCUT2D eigenvalue weighted by Crippen LogP contribution is -2.65. The summed E-state index contributed by atoms with van der Waals surface area (Å²) in [6.07, 6.45) is 5.66. The van der Waals surface area contributed by atoms with Crippen molar-refractivity contribution in [2.75, 3.05) is 58.8 Å². The van der Waals surface area contributed by atoms with Crippen molar-refractivity contribution in [3.05, 3.63) is 79.5 Å². The molecule has 3 aliphatic heterocycles. The van der Waals surface area contributed by atoms with E-state index in [9.17, 15) is 34.5 Å². The van der Waals surface area contributed by atoms with Gasteiger partial charge in [0.15, 0.2) is 22.4 Å². The first-order valence-electron chi connectivity index (χ1n) is 24.9. The maximum atomic E-state index is 14.9. The molecule has 17 heteroatoms. The maximum Gasteiger partial charge on any atom is 0.307 e. The fourth-order valence-corrected chi connectivity index (χ4v) is 10.3. The van der Waals surface area contributed by atoms with Gasteiger partial charge in [0.25, 0.3) is 5.91 Å². The van der Waals surface area contributed by atoms with Crippen LogP contribution in [0.4, 0.5) is 5.69 Å². The van der Waals surface area contributed by atoms with E-state index in [-0.39, 0.29) is 102 Å². The zero-order valence-corrected chi connectivity index (χ0v) is 44.2. The number of methoxy groups -OCH3 is 1. The number of quaternary nitrogens is 1. The minimum Gasteiger partial charge on any atom is -0.507 e. The quantitative estimate of drug-likeness (QED) is 0.0678. The Kier molecular flexibility index (Phi) is 15.3. The molecule has 0 aliphatic carbocycles. The second kappa shape index (κ2) is 20.5. The number of nitrogens with zero attached hydrogens (tertiary/aromatic N) is 3. The Balaban J connectivity index is 1.38. The normalized spacial score (nSPS) is 29.3. The van der Waals surface area contributed by atoms with E-state index in [0.717, 1.165) is 30.7 Å². The van der Waals surface area contributed by atoms with Crippen molar-refractivity contribution in [3.8, 4) is 17.2 Å². The van der Waals surface area contributed by atoms with E-state index in [2.05, 4.69) is 38.0 Å². The highest BCUT2D eigenvalue weighted by Gasteiger charge is 2.44. The molecule has 0 spiro atoms. The number of nitrogens with one attached hydrogen (secondary N) is 1. The molecular weight excluding hydrogens is 925 g/mol. The topological polar surface area (TPSA) is 216 Å². The molecule has 1 amide bonds. The van der Waals surface area contributed by atoms with Crippen LogP contribution in [0.15, 0.2) is 62.3 Å². The molecule has 0 radical (unpaired) electrons. The number of aromatic nitrogens is 1. The number of allylic oxidation sites excluding steroid dienone is 2. The van der Waals surface area contributed by atoms with Crippen molar-refractivity contribution < 1.29 is 57.5 Å². The number of anilines is 1. The highest BCUT2D eigenvalue weighted by molar-refractivity contribution is 6.16. The number of esters is 1. The standard InChI is InChI=1S/C55H72N4O13/c1-28-16-15-17-29(2)53(66)57-45-48(64)41-40(44-51(45)71-39-27-36(26-37(61)43(39)56-44)68-25-21-58-19-22-59(13,23-20-58)54(9,10)11)42-50(34(7)47(41)63)72-55(12,52(42)65)69-24-18-38(67-14)33(6)49(70-35(8)60)32(5)30(3)31(4)46(28)62/h15-18,24,26-28,30-33,38,46,49,62H,19-23,25H2,1-14H3,(H2-,56,57,61,63,64,65,66)/p+1/b16-15+,24-18+,29-17-/t28-,30+,31-,32+,33+,38-,46-,49-,55-/m0/s1. The van der Waals surface area contributed by atoms with Crippen LogP contribution in [0.5, 0.6) is 17.2 Å². The van der Waals surface area contributed by atoms with Crippen LogP contribution in [0.1, 0.15) is 81.7 Å². The summed E-state index contributed by atoms with van der Waals surface area (Å²) in [5, 5.41) is 38.0. The van der Waals surface area contributed by atoms with Gasteiger partial charge in [-0.1, -0.05) is 52.8 Å². The Hall–Kier alpha value is -6.01. The number of carbonyl (C=O) groups is 2. The number of phenols is 1. The third-order valence-corrected chi connectivity index (χ3v) is 16.1. The third kappa shape index (κ3) is 10.0. The predicted molar refractivity (Wildman–Crippen MR) is 276 cm³/mol. The Morgan fingerprint density at radius 3 is 2.29 bits per heavy atom. The number of phenolic OH excluding ortho intramolecular Hbond substituents is 1. The second-order valence-electron chi connectivity index (χ2n) is 21.6. The van der Waals surface area contributed by atoms with E-state index in [0.29, 0.717) is 6.54 Å². The van der Waals surface area contributed by atoms with Gasteiger partial charge in [-0.05, 0) is 58.4 Å². The van der Waals surface area contributed by atoms with Gasteiger partial charge in [0.2, 0.25) is 10.9 Å². The molecule has 17 nitrogen and oxygen atoms in total. The van der Waals surface area contributed by atoms with Gasteiger partial charge in [0.05, 0.1) is 54.8 Å². The first-order chi connectivity index (χ1) is 33.7. The van der Waals surface area contributed by atoms with Crippen molar-refractivity contribution in [1.82, 2.24) is 9.88 Å². The lowest BCUT2D eigenvalue weighted by Gasteiger charge is -2.50. The molecule has 390 valence electrons. The summed E-state index contributed by atoms with van der Waals surface area (Å²) < 4.78 is 37.9. The van der Waals surface area contributed by atoms with Gasteiger partial charge < -0.3 is 53.2 Å². The van der Waals surface area contributed by atoms with Crippen molar-refractivity contribution >= 4 is 56.3 Å². The Morgan fingerprint density at radius 1 is 0.972 bits per heavy atom. The molecule has 1 aromatic heterocycles. The lowest BCUT2D eigenvalue weighted by molar-refractivity contribution is -0.957. The Bertz CT molecular complexity index is 3040. The van der Waals surface area contributed by atoms with Crippen molar-refractivity contribution in [3.63, 3.8) is 0 Å². The van der Waals surface area contributed by atoms with Crippen molar-refractivity contribution in [1.29, 1.82) is 0 Å². The molecule has 3 aliphatic rings. The van der Waals surface area contributed by atoms with Crippen molar-refractivity contribution in [2.45, 2.75) is 113 Å². The smallest absolute Gasteiger partial charge is 0.307 e. The number of aliphatic hydroxyl groups is 2. The summed E-state index contributed by atoms with van der Waals surface area (Å²) >= 11 is 0. The largest absolute Gasteiger partial charge is 0.507 e. The second-order valence-corrected chi connectivity index (χ2v) is 21.6. The molecule has 1 fully saturated rings. The number of piperazine rings is 1. The van der Waals surface area contributed by atoms with Crippen LogP contribution in [0.2, 0.25) is 0 Å². The SMILES string of the molecule is CO[C@H]1/C=C/O[C@@]2(C)Oc3c(C)c(O)c4c(=O)c(c5oc6cc(OCCN7CC[N+](C)(C(C)(C)C)CC7)cc(=O)c6nc5c4c3=C2O)NC(=O)/C(C)=C\C=C\[C@H](C)[C@H](O)[C@@H](C)[C@@H](C)[C@@H](C)[C@H](OC(C)=O)[C@@H]1C. The zero-order valence-electron chi connectivity index (χ0n) is 44.2. The Morgan fingerprint density at radius 2 is 1.65 bits per heavy atom. The van der Waals surface area contributed by atoms with Crippen molar-refractivity contribution in [2.24, 2.45) is 29.6 Å². The molecule has 72 heavy (non-hydrogen) atoms. The maximum absolute atomic E-state index is 14.9. The molecule has 4 N–H and O–H groups in total. The minimum absolute atomic E-state index is 0.0365. The highest BCUT2D eigenvalue weighted by atomic mass is 16.7. The third-order valence-electron chi connectivity index (χ3n) is 16.1. The van der Waals surface area contributed by atoms with Crippen LogP contribution in [-0.4, -0.2) is 125 Å². The summed E-state index contributed by atoms with van der Waals surface area (Å²) in [4.78, 5) is 62.7. The van der Waals surface area contributed by atoms with Crippen LogP contribution in [0.25, 0.3) is 38.7 Å². The molecule has 4 bridgehead atoms. The number of carbonyl (C=O) groups excluding carboxylic acids is 2. The molecular formula is C55H73N4O13+. The van der Waals surface area contributed by atoms with E-state index >= 15 is 0 Å². The fraction of sp³-hybridized carbons (Fsp3) is 0.545. The molecule has 0 unspecified atom stereocenters. The molecule has 4 aromatic rings. The predicted octanol–water partition coefficient (Wildman–Crippen LogP) is 6.77. The van der Waals surface area contributed by atoms with E-state index < -0.39 is 64.3 Å². The number of amides is 1. The first-order valence-corrected chi connectivity index (χ1v) is 24.9. The van der Waals surface area contributed by atoms with Gasteiger partial charge in [-0.3, -0.25) is 24.1 Å². The van der Waals surface area contributed by atoms with Crippen LogP contribution >= 0.6 is 0 Å². The molecule has 7 rings (SSSR count). The monoisotopic (exact) mass is 998 g/mol. The van der Waals surface area contributed by atoms with Crippen LogP contribution in [-0.2, 0) is 23.8 Å². The lowest BCUT2D eigenvalue weighted by atomic mass is 9.73. The number of rotatable bonds is 6. The number of fused-ring (bicyclic) bond motifs is 2. The first kappa shape index (κ1) is 53.8. The van der Waals surface area contributed by atoms with Crippen LogP contribution in [0.3, 0.4) is 0 Å². The highest BCUT2D eigenvalue weighted by Crippen LogP contribution is 2.42. The van der Waals surface area contributed by atoms with Gasteiger partial charge in [-0.25, -0.2) is 4.98 Å². The van der Waals surface area contributed by atoms with E-state index in [1.807, 2.05) is 34.6 Å². The number of benzene rings is 3. The van der Waals surface area contributed by atoms with Gasteiger partial charge >= 0.3 is 11.8 Å². The summed E-state index contributed by atoms with van der Waals surface area (Å²) in [5.41, 5.74) is -2.04. The Labute approximate surface area is 420 Å². The number of aromatic hydroxyl groups is 1. The molecule has 3 aromatic carbocycles. The number of hydrogen-bond acceptors (Lipinski definition) is 15. The van der Waals surface area contributed by atoms with E-state index in [1.165, 1.54) is 46.3 Å². The van der Waals surface area contributed by atoms with Gasteiger partial charge in [-0.2, -0.15) is 0 Å². The van der Waals surface area contributed by atoms with E-state index in [1.54, 1.807) is 31.2 Å². The number of aliphatic hydroxyl groups excluding tert-OH is 2. The molecule has 1 saturated heterocycles. The minimum atomic E-state index is -1.96. The summed E-state index contributed by atoms with van der Waals surface area (Å²) in [6.45, 7) is 26.9. The van der Waals surface area contributed by atoms with Crippen LogP contribution < -0.4 is 30.9 Å². The van der Waals surface area contributed by atoms with Gasteiger partial charge in [-0.15, -0.1) is 0 Å². The summed E-state index contributed by atoms with van der Waals surface area (Å²) in [5.74, 6) is -5.51. The average molecular weight is 998 g/mol. The van der Waals surface area contributed by atoms with Crippen LogP contribution in [0, 0.1) is 36.5 Å². The molecule has 0 saturated carbocycles. The summed E-state index contributed by atoms with van der Waals surface area (Å²) in [7, 11) is 3.79. The molecule has 4 heterocycles. The zero-order chi connectivity index (χ0) is 52.9. The average Bonchev–Trinajstić information content (AvgIpc) is 3.59. The molecule has 9 atom stereocenters.